The predicted molar refractivity (Wildman–Crippen MR) is 95.6 cm³/mol. The lowest BCUT2D eigenvalue weighted by atomic mass is 10.2. The van der Waals surface area contributed by atoms with Crippen molar-refractivity contribution in [3.63, 3.8) is 0 Å². The summed E-state index contributed by atoms with van der Waals surface area (Å²) in [6.07, 6.45) is 0. The largest absolute Gasteiger partial charge is 0.457 e. The minimum Gasteiger partial charge on any atom is -0.457 e. The molecule has 5 heteroatoms. The zero-order valence-electron chi connectivity index (χ0n) is 12.4. The van der Waals surface area contributed by atoms with E-state index in [4.69, 9.17) is 4.74 Å². The summed E-state index contributed by atoms with van der Waals surface area (Å²) in [7, 11) is 0. The summed E-state index contributed by atoms with van der Waals surface area (Å²) in [5.74, 6) is 1.79. The maximum Gasteiger partial charge on any atom is 0.127 e. The normalized spacial score (nSPS) is 14.5. The van der Waals surface area contributed by atoms with E-state index in [1.54, 1.807) is 0 Å². The smallest absolute Gasteiger partial charge is 0.127 e. The Kier molecular flexibility index (Phi) is 8.28. The van der Waals surface area contributed by atoms with Gasteiger partial charge >= 0.3 is 0 Å². The van der Waals surface area contributed by atoms with Crippen LogP contribution in [0, 0.1) is 0 Å². The van der Waals surface area contributed by atoms with Crippen molar-refractivity contribution in [1.29, 1.82) is 0 Å². The number of benzene rings is 2. The van der Waals surface area contributed by atoms with E-state index < -0.39 is 0 Å². The quantitative estimate of drug-likeness (QED) is 0.917. The SMILES string of the molecule is Cl.Cl.c1ccc(Oc2cccc(CN3CCNCC3)c2)cc1. The minimum atomic E-state index is 0. The van der Waals surface area contributed by atoms with Crippen molar-refractivity contribution in [2.75, 3.05) is 26.2 Å². The van der Waals surface area contributed by atoms with E-state index in [0.29, 0.717) is 0 Å². The third-order valence-electron chi connectivity index (χ3n) is 3.49. The molecule has 2 aromatic rings. The number of nitrogens with zero attached hydrogens (tertiary/aromatic N) is 1. The Morgan fingerprint density at radius 3 is 2.27 bits per heavy atom. The Balaban J connectivity index is 0.00000121. The number of piperazine rings is 1. The van der Waals surface area contributed by atoms with Crippen molar-refractivity contribution in [3.05, 3.63) is 60.2 Å². The molecule has 120 valence electrons. The van der Waals surface area contributed by atoms with Gasteiger partial charge in [0.05, 0.1) is 0 Å². The first-order valence-electron chi connectivity index (χ1n) is 7.15. The van der Waals surface area contributed by atoms with Crippen molar-refractivity contribution in [3.8, 4) is 11.5 Å². The number of hydrogen-bond donors (Lipinski definition) is 1. The van der Waals surface area contributed by atoms with E-state index >= 15 is 0 Å². The van der Waals surface area contributed by atoms with Crippen molar-refractivity contribution in [2.45, 2.75) is 6.54 Å². The second-order valence-electron chi connectivity index (χ2n) is 5.09. The molecule has 3 rings (SSSR count). The number of hydrogen-bond acceptors (Lipinski definition) is 3. The van der Waals surface area contributed by atoms with Crippen molar-refractivity contribution >= 4 is 24.8 Å². The van der Waals surface area contributed by atoms with Gasteiger partial charge in [-0.05, 0) is 29.8 Å². The highest BCUT2D eigenvalue weighted by molar-refractivity contribution is 5.85. The maximum atomic E-state index is 5.88. The van der Waals surface area contributed by atoms with Crippen LogP contribution >= 0.6 is 24.8 Å². The van der Waals surface area contributed by atoms with Crippen LogP contribution < -0.4 is 10.1 Å². The monoisotopic (exact) mass is 340 g/mol. The van der Waals surface area contributed by atoms with Crippen LogP contribution in [0.1, 0.15) is 5.56 Å². The lowest BCUT2D eigenvalue weighted by Gasteiger charge is -2.27. The van der Waals surface area contributed by atoms with Gasteiger partial charge in [-0.15, -0.1) is 24.8 Å². The Morgan fingerprint density at radius 2 is 1.55 bits per heavy atom. The molecule has 0 unspecified atom stereocenters. The molecule has 1 N–H and O–H groups in total. The first-order chi connectivity index (χ1) is 9.90. The molecule has 0 aliphatic carbocycles. The third kappa shape index (κ3) is 5.50. The lowest BCUT2D eigenvalue weighted by Crippen LogP contribution is -2.42. The van der Waals surface area contributed by atoms with E-state index in [1.807, 2.05) is 36.4 Å². The van der Waals surface area contributed by atoms with Crippen LogP contribution in [-0.2, 0) is 6.54 Å². The number of nitrogens with one attached hydrogen (secondary N) is 1. The van der Waals surface area contributed by atoms with Crippen molar-refractivity contribution in [1.82, 2.24) is 10.2 Å². The maximum absolute atomic E-state index is 5.88. The Hall–Kier alpha value is -1.26. The standard InChI is InChI=1S/C17H20N2O.2ClH/c1-2-6-16(7-3-1)20-17-8-4-5-15(13-17)14-19-11-9-18-10-12-19;;/h1-8,13,18H,9-12,14H2;2*1H. The molecule has 1 saturated heterocycles. The summed E-state index contributed by atoms with van der Waals surface area (Å²) in [5.41, 5.74) is 1.31. The highest BCUT2D eigenvalue weighted by Gasteiger charge is 2.10. The highest BCUT2D eigenvalue weighted by atomic mass is 35.5. The molecule has 1 fully saturated rings. The van der Waals surface area contributed by atoms with Gasteiger partial charge in [0.15, 0.2) is 0 Å². The molecule has 0 radical (unpaired) electrons. The summed E-state index contributed by atoms with van der Waals surface area (Å²) in [6, 6.07) is 18.3. The van der Waals surface area contributed by atoms with Crippen LogP contribution in [0.5, 0.6) is 11.5 Å². The zero-order chi connectivity index (χ0) is 13.6. The second-order valence-corrected chi connectivity index (χ2v) is 5.09. The van der Waals surface area contributed by atoms with Crippen molar-refractivity contribution in [2.24, 2.45) is 0 Å². The van der Waals surface area contributed by atoms with Gasteiger partial charge in [0, 0.05) is 32.7 Å². The summed E-state index contributed by atoms with van der Waals surface area (Å²) in [6.45, 7) is 5.39. The topological polar surface area (TPSA) is 24.5 Å². The van der Waals surface area contributed by atoms with Crippen LogP contribution in [0.15, 0.2) is 54.6 Å². The van der Waals surface area contributed by atoms with E-state index in [0.717, 1.165) is 44.2 Å². The Bertz CT molecular complexity index is 545. The summed E-state index contributed by atoms with van der Waals surface area (Å²) < 4.78 is 5.88. The van der Waals surface area contributed by atoms with Crippen LogP contribution in [0.25, 0.3) is 0 Å². The van der Waals surface area contributed by atoms with E-state index in [2.05, 4.69) is 28.4 Å². The molecule has 2 aromatic carbocycles. The highest BCUT2D eigenvalue weighted by Crippen LogP contribution is 2.22. The number of halogens is 2. The molecule has 22 heavy (non-hydrogen) atoms. The van der Waals surface area contributed by atoms with Crippen LogP contribution in [0.2, 0.25) is 0 Å². The molecule has 1 heterocycles. The predicted octanol–water partition coefficient (Wildman–Crippen LogP) is 3.73. The fourth-order valence-corrected chi connectivity index (χ4v) is 2.46. The Labute approximate surface area is 144 Å². The summed E-state index contributed by atoms with van der Waals surface area (Å²) >= 11 is 0. The first kappa shape index (κ1) is 18.8. The van der Waals surface area contributed by atoms with Crippen LogP contribution in [0.3, 0.4) is 0 Å². The molecule has 1 aliphatic rings. The number of rotatable bonds is 4. The molecule has 3 nitrogen and oxygen atoms in total. The number of ether oxygens (including phenoxy) is 1. The van der Waals surface area contributed by atoms with E-state index in [1.165, 1.54) is 5.56 Å². The third-order valence-corrected chi connectivity index (χ3v) is 3.49. The van der Waals surface area contributed by atoms with Crippen LogP contribution in [0.4, 0.5) is 0 Å². The molecular weight excluding hydrogens is 319 g/mol. The lowest BCUT2D eigenvalue weighted by molar-refractivity contribution is 0.233. The number of para-hydroxylation sites is 1. The van der Waals surface area contributed by atoms with Crippen LogP contribution in [-0.4, -0.2) is 31.1 Å². The fraction of sp³-hybridized carbons (Fsp3) is 0.294. The molecule has 1 aliphatic heterocycles. The second kappa shape index (κ2) is 9.70. The summed E-state index contributed by atoms with van der Waals surface area (Å²) in [4.78, 5) is 2.47. The zero-order valence-corrected chi connectivity index (χ0v) is 14.0. The fourth-order valence-electron chi connectivity index (χ4n) is 2.46. The van der Waals surface area contributed by atoms with Gasteiger partial charge in [-0.1, -0.05) is 30.3 Å². The van der Waals surface area contributed by atoms with Gasteiger partial charge in [0.25, 0.3) is 0 Å². The minimum absolute atomic E-state index is 0. The molecule has 0 bridgehead atoms. The summed E-state index contributed by atoms with van der Waals surface area (Å²) in [5, 5.41) is 3.38. The van der Waals surface area contributed by atoms with E-state index in [9.17, 15) is 0 Å². The molecule has 0 aromatic heterocycles. The molecule has 0 spiro atoms. The first-order valence-corrected chi connectivity index (χ1v) is 7.15. The van der Waals surface area contributed by atoms with Gasteiger partial charge in [-0.25, -0.2) is 0 Å². The van der Waals surface area contributed by atoms with Gasteiger partial charge < -0.3 is 10.1 Å². The molecule has 0 saturated carbocycles. The van der Waals surface area contributed by atoms with Crippen molar-refractivity contribution < 1.29 is 4.74 Å². The van der Waals surface area contributed by atoms with Gasteiger partial charge in [-0.3, -0.25) is 4.90 Å². The Morgan fingerprint density at radius 1 is 0.864 bits per heavy atom. The average Bonchev–Trinajstić information content (AvgIpc) is 2.50. The van der Waals surface area contributed by atoms with Gasteiger partial charge in [0.1, 0.15) is 11.5 Å². The molecular formula is C17H22Cl2N2O. The molecule has 0 amide bonds. The van der Waals surface area contributed by atoms with E-state index in [-0.39, 0.29) is 24.8 Å². The average molecular weight is 341 g/mol. The van der Waals surface area contributed by atoms with Gasteiger partial charge in [0.2, 0.25) is 0 Å². The molecule has 0 atom stereocenters. The van der Waals surface area contributed by atoms with Gasteiger partial charge in [-0.2, -0.15) is 0 Å².